The van der Waals surface area contributed by atoms with Crippen molar-refractivity contribution in [2.24, 2.45) is 0 Å². The summed E-state index contributed by atoms with van der Waals surface area (Å²) in [6.45, 7) is 5.71. The van der Waals surface area contributed by atoms with Crippen LogP contribution in [0.25, 0.3) is 10.9 Å². The van der Waals surface area contributed by atoms with Crippen LogP contribution in [0, 0.1) is 0 Å². The fraction of sp³-hybridized carbons (Fsp3) is 0.353. The van der Waals surface area contributed by atoms with Gasteiger partial charge in [0, 0.05) is 24.5 Å². The molecular formula is C17H19N3O4. The van der Waals surface area contributed by atoms with Gasteiger partial charge < -0.3 is 4.74 Å². The predicted octanol–water partition coefficient (Wildman–Crippen LogP) is 2.87. The third kappa shape index (κ3) is 2.97. The van der Waals surface area contributed by atoms with E-state index in [0.717, 1.165) is 5.39 Å². The van der Waals surface area contributed by atoms with Crippen LogP contribution < -0.4 is 10.2 Å². The third-order valence-corrected chi connectivity index (χ3v) is 3.64. The average Bonchev–Trinajstić information content (AvgIpc) is 2.89. The number of nitrogens with zero attached hydrogens (tertiary/aromatic N) is 2. The Morgan fingerprint density at radius 1 is 1.21 bits per heavy atom. The summed E-state index contributed by atoms with van der Waals surface area (Å²) in [6.07, 6.45) is 1.39. The fourth-order valence-electron chi connectivity index (χ4n) is 2.65. The average molecular weight is 329 g/mol. The van der Waals surface area contributed by atoms with E-state index in [2.05, 4.69) is 5.32 Å². The molecule has 0 atom stereocenters. The number of ether oxygens (including phenoxy) is 1. The highest BCUT2D eigenvalue weighted by Gasteiger charge is 2.26. The molecular weight excluding hydrogens is 310 g/mol. The molecule has 0 radical (unpaired) electrons. The molecule has 126 valence electrons. The van der Waals surface area contributed by atoms with Crippen LogP contribution in [0.3, 0.4) is 0 Å². The molecule has 1 aliphatic heterocycles. The van der Waals surface area contributed by atoms with Crippen LogP contribution in [0.5, 0.6) is 0 Å². The van der Waals surface area contributed by atoms with Gasteiger partial charge in [-0.15, -0.1) is 0 Å². The lowest BCUT2D eigenvalue weighted by Gasteiger charge is -2.27. The van der Waals surface area contributed by atoms with E-state index in [9.17, 15) is 14.4 Å². The molecule has 3 rings (SSSR count). The highest BCUT2D eigenvalue weighted by Crippen LogP contribution is 2.29. The lowest BCUT2D eigenvalue weighted by Crippen LogP contribution is -2.49. The Morgan fingerprint density at radius 2 is 1.96 bits per heavy atom. The van der Waals surface area contributed by atoms with Gasteiger partial charge in [-0.1, -0.05) is 6.07 Å². The quantitative estimate of drug-likeness (QED) is 0.872. The number of anilines is 1. The van der Waals surface area contributed by atoms with Crippen LogP contribution in [0.1, 0.15) is 27.2 Å². The van der Waals surface area contributed by atoms with E-state index in [4.69, 9.17) is 4.74 Å². The van der Waals surface area contributed by atoms with Crippen molar-refractivity contribution in [1.82, 2.24) is 9.88 Å². The highest BCUT2D eigenvalue weighted by atomic mass is 16.6. The monoisotopic (exact) mass is 329 g/mol. The number of aromatic nitrogens is 1. The lowest BCUT2D eigenvalue weighted by molar-refractivity contribution is -0.120. The maximum atomic E-state index is 12.3. The predicted molar refractivity (Wildman–Crippen MR) is 89.1 cm³/mol. The second-order valence-corrected chi connectivity index (χ2v) is 6.63. The lowest BCUT2D eigenvalue weighted by atomic mass is 10.1. The molecule has 0 aliphatic carbocycles. The Morgan fingerprint density at radius 3 is 2.62 bits per heavy atom. The van der Waals surface area contributed by atoms with E-state index in [1.165, 1.54) is 9.47 Å². The van der Waals surface area contributed by atoms with Crippen molar-refractivity contribution in [3.63, 3.8) is 0 Å². The van der Waals surface area contributed by atoms with Crippen molar-refractivity contribution in [3.8, 4) is 0 Å². The van der Waals surface area contributed by atoms with Crippen molar-refractivity contribution < 1.29 is 19.1 Å². The zero-order valence-electron chi connectivity index (χ0n) is 13.8. The number of fused-ring (bicyclic) bond motifs is 1. The first-order chi connectivity index (χ1) is 11.3. The topological polar surface area (TPSA) is 80.6 Å². The molecule has 2 aromatic rings. The molecule has 1 aliphatic rings. The molecule has 1 N–H and O–H groups in total. The highest BCUT2D eigenvalue weighted by molar-refractivity contribution is 6.10. The number of nitrogens with one attached hydrogen (secondary N) is 1. The van der Waals surface area contributed by atoms with Gasteiger partial charge in [-0.2, -0.15) is 0 Å². The van der Waals surface area contributed by atoms with Gasteiger partial charge in [-0.25, -0.2) is 9.59 Å². The first-order valence-corrected chi connectivity index (χ1v) is 7.71. The summed E-state index contributed by atoms with van der Waals surface area (Å²) < 4.78 is 6.81. The number of rotatable bonds is 1. The Hall–Kier alpha value is -2.83. The summed E-state index contributed by atoms with van der Waals surface area (Å²) in [4.78, 5) is 37.2. The standard InChI is InChI=1S/C17H19N3O4/c1-17(2,3)24-16(23)20-9-7-11-12(5-4-6-13(11)20)19-10-8-14(21)18-15(19)22/h4-7,9H,8,10H2,1-3H3,(H,18,21,22). The van der Waals surface area contributed by atoms with E-state index < -0.39 is 17.7 Å². The first kappa shape index (κ1) is 16.0. The molecule has 0 saturated carbocycles. The van der Waals surface area contributed by atoms with Crippen LogP contribution in [-0.2, 0) is 9.53 Å². The number of urea groups is 1. The Kier molecular flexibility index (Phi) is 3.79. The molecule has 7 heteroatoms. The molecule has 2 heterocycles. The smallest absolute Gasteiger partial charge is 0.418 e. The number of benzene rings is 1. The van der Waals surface area contributed by atoms with Crippen molar-refractivity contribution in [1.29, 1.82) is 0 Å². The number of carbonyl (C=O) groups excluding carboxylic acids is 3. The van der Waals surface area contributed by atoms with Crippen LogP contribution in [-0.4, -0.2) is 34.7 Å². The van der Waals surface area contributed by atoms with Crippen LogP contribution in [0.15, 0.2) is 30.5 Å². The number of hydrogen-bond acceptors (Lipinski definition) is 4. The van der Waals surface area contributed by atoms with Gasteiger partial charge in [-0.05, 0) is 39.0 Å². The molecule has 1 fully saturated rings. The van der Waals surface area contributed by atoms with Crippen molar-refractivity contribution in [2.45, 2.75) is 32.8 Å². The molecule has 7 nitrogen and oxygen atoms in total. The van der Waals surface area contributed by atoms with Crippen LogP contribution >= 0.6 is 0 Å². The summed E-state index contributed by atoms with van der Waals surface area (Å²) in [7, 11) is 0. The summed E-state index contributed by atoms with van der Waals surface area (Å²) >= 11 is 0. The van der Waals surface area contributed by atoms with Crippen molar-refractivity contribution in [3.05, 3.63) is 30.5 Å². The van der Waals surface area contributed by atoms with E-state index >= 15 is 0 Å². The fourth-order valence-corrected chi connectivity index (χ4v) is 2.65. The van der Waals surface area contributed by atoms with Gasteiger partial charge in [0.25, 0.3) is 0 Å². The number of hydrogen-bond donors (Lipinski definition) is 1. The molecule has 0 spiro atoms. The first-order valence-electron chi connectivity index (χ1n) is 7.71. The third-order valence-electron chi connectivity index (χ3n) is 3.64. The number of imide groups is 1. The molecule has 24 heavy (non-hydrogen) atoms. The second kappa shape index (κ2) is 5.67. The number of amides is 3. The maximum absolute atomic E-state index is 12.3. The largest absolute Gasteiger partial charge is 0.443 e. The Bertz CT molecular complexity index is 832. The Balaban J connectivity index is 1.99. The van der Waals surface area contributed by atoms with Crippen molar-refractivity contribution in [2.75, 3.05) is 11.4 Å². The minimum atomic E-state index is -0.599. The van der Waals surface area contributed by atoms with Gasteiger partial charge >= 0.3 is 12.1 Å². The van der Waals surface area contributed by atoms with Gasteiger partial charge in [0.1, 0.15) is 5.60 Å². The summed E-state index contributed by atoms with van der Waals surface area (Å²) in [5, 5.41) is 3.05. The number of carbonyl (C=O) groups is 3. The molecule has 1 aromatic heterocycles. The summed E-state index contributed by atoms with van der Waals surface area (Å²) in [6, 6.07) is 6.65. The summed E-state index contributed by atoms with van der Waals surface area (Å²) in [5.74, 6) is -0.283. The minimum Gasteiger partial charge on any atom is -0.443 e. The second-order valence-electron chi connectivity index (χ2n) is 6.63. The minimum absolute atomic E-state index is 0.245. The van der Waals surface area contributed by atoms with Gasteiger partial charge in [0.2, 0.25) is 5.91 Å². The van der Waals surface area contributed by atoms with Crippen molar-refractivity contribution >= 4 is 34.6 Å². The molecule has 0 bridgehead atoms. The van der Waals surface area contributed by atoms with Gasteiger partial charge in [0.05, 0.1) is 11.2 Å². The van der Waals surface area contributed by atoms with Gasteiger partial charge in [-0.3, -0.25) is 19.6 Å². The SMILES string of the molecule is CC(C)(C)OC(=O)n1ccc2c(N3CCC(=O)NC3=O)cccc21. The van der Waals surface area contributed by atoms with E-state index in [-0.39, 0.29) is 12.3 Å². The normalized spacial score (nSPS) is 15.5. The molecule has 1 saturated heterocycles. The molecule has 1 aromatic carbocycles. The zero-order valence-corrected chi connectivity index (χ0v) is 13.8. The van der Waals surface area contributed by atoms with Crippen LogP contribution in [0.2, 0.25) is 0 Å². The van der Waals surface area contributed by atoms with E-state index in [0.29, 0.717) is 17.7 Å². The molecule has 0 unspecified atom stereocenters. The van der Waals surface area contributed by atoms with E-state index in [1.54, 1.807) is 51.2 Å². The van der Waals surface area contributed by atoms with E-state index in [1.807, 2.05) is 0 Å². The Labute approximate surface area is 139 Å². The van der Waals surface area contributed by atoms with Gasteiger partial charge in [0.15, 0.2) is 0 Å². The maximum Gasteiger partial charge on any atom is 0.418 e. The van der Waals surface area contributed by atoms with Crippen LogP contribution in [0.4, 0.5) is 15.3 Å². The summed E-state index contributed by atoms with van der Waals surface area (Å²) in [5.41, 5.74) is 0.699. The zero-order chi connectivity index (χ0) is 17.5. The molecule has 3 amide bonds.